The quantitative estimate of drug-likeness (QED) is 0.619. The van der Waals surface area contributed by atoms with Crippen LogP contribution in [0.2, 0.25) is 0 Å². The van der Waals surface area contributed by atoms with E-state index in [1.807, 2.05) is 0 Å². The Morgan fingerprint density at radius 3 is 2.62 bits per heavy atom. The second kappa shape index (κ2) is 10.6. The first kappa shape index (κ1) is 18.0. The van der Waals surface area contributed by atoms with Crippen LogP contribution in [-0.4, -0.2) is 26.4 Å². The summed E-state index contributed by atoms with van der Waals surface area (Å²) in [6, 6.07) is 6.73. The highest BCUT2D eigenvalue weighted by Crippen LogP contribution is 2.26. The number of rotatable bonds is 11. The van der Waals surface area contributed by atoms with E-state index in [4.69, 9.17) is 9.47 Å². The van der Waals surface area contributed by atoms with Gasteiger partial charge in [-0.25, -0.2) is 0 Å². The SMILES string of the molecule is CCCCOCCOc1cc(C)ccc1C(C)NCCC. The van der Waals surface area contributed by atoms with Crippen LogP contribution in [0.15, 0.2) is 18.2 Å². The summed E-state index contributed by atoms with van der Waals surface area (Å²) in [4.78, 5) is 0. The molecule has 1 N–H and O–H groups in total. The van der Waals surface area contributed by atoms with Gasteiger partial charge in [0.1, 0.15) is 12.4 Å². The average Bonchev–Trinajstić information content (AvgIpc) is 2.48. The fraction of sp³-hybridized carbons (Fsp3) is 0.667. The Balaban J connectivity index is 2.52. The zero-order valence-corrected chi connectivity index (χ0v) is 14.1. The maximum absolute atomic E-state index is 5.93. The molecule has 3 nitrogen and oxygen atoms in total. The molecule has 1 aromatic rings. The minimum Gasteiger partial charge on any atom is -0.491 e. The lowest BCUT2D eigenvalue weighted by Gasteiger charge is -2.19. The summed E-state index contributed by atoms with van der Waals surface area (Å²) in [6.07, 6.45) is 3.43. The second-order valence-electron chi connectivity index (χ2n) is 5.53. The molecule has 1 atom stereocenters. The molecule has 0 aromatic heterocycles. The molecule has 0 bridgehead atoms. The van der Waals surface area contributed by atoms with Gasteiger partial charge >= 0.3 is 0 Å². The summed E-state index contributed by atoms with van der Waals surface area (Å²) in [5.41, 5.74) is 2.45. The largest absolute Gasteiger partial charge is 0.491 e. The van der Waals surface area contributed by atoms with Crippen molar-refractivity contribution in [3.63, 3.8) is 0 Å². The number of hydrogen-bond acceptors (Lipinski definition) is 3. The molecule has 0 radical (unpaired) electrons. The summed E-state index contributed by atoms with van der Waals surface area (Å²) in [6.45, 7) is 11.8. The van der Waals surface area contributed by atoms with Crippen molar-refractivity contribution < 1.29 is 9.47 Å². The molecule has 0 spiro atoms. The Labute approximate surface area is 130 Å². The molecule has 0 aliphatic carbocycles. The van der Waals surface area contributed by atoms with E-state index < -0.39 is 0 Å². The zero-order chi connectivity index (χ0) is 15.5. The van der Waals surface area contributed by atoms with Gasteiger partial charge in [0.2, 0.25) is 0 Å². The van der Waals surface area contributed by atoms with Crippen molar-refractivity contribution in [3.8, 4) is 5.75 Å². The first-order chi connectivity index (χ1) is 10.2. The molecule has 1 aromatic carbocycles. The number of benzene rings is 1. The van der Waals surface area contributed by atoms with Crippen LogP contribution >= 0.6 is 0 Å². The first-order valence-corrected chi connectivity index (χ1v) is 8.23. The van der Waals surface area contributed by atoms with Gasteiger partial charge in [-0.2, -0.15) is 0 Å². The van der Waals surface area contributed by atoms with Crippen molar-refractivity contribution in [2.45, 2.75) is 53.0 Å². The van der Waals surface area contributed by atoms with Crippen LogP contribution in [0.25, 0.3) is 0 Å². The van der Waals surface area contributed by atoms with E-state index in [0.717, 1.165) is 31.7 Å². The summed E-state index contributed by atoms with van der Waals surface area (Å²) in [7, 11) is 0. The van der Waals surface area contributed by atoms with Gasteiger partial charge < -0.3 is 14.8 Å². The summed E-state index contributed by atoms with van der Waals surface area (Å²) >= 11 is 0. The Kier molecular flexibility index (Phi) is 9.11. The van der Waals surface area contributed by atoms with Crippen LogP contribution in [0.1, 0.15) is 57.2 Å². The lowest BCUT2D eigenvalue weighted by atomic mass is 10.0. The van der Waals surface area contributed by atoms with Gasteiger partial charge in [0.05, 0.1) is 6.61 Å². The Hall–Kier alpha value is -1.06. The molecule has 3 heteroatoms. The fourth-order valence-electron chi connectivity index (χ4n) is 2.15. The van der Waals surface area contributed by atoms with Crippen molar-refractivity contribution in [1.82, 2.24) is 5.32 Å². The number of unbranched alkanes of at least 4 members (excludes halogenated alkanes) is 1. The maximum Gasteiger partial charge on any atom is 0.124 e. The maximum atomic E-state index is 5.93. The van der Waals surface area contributed by atoms with Crippen molar-refractivity contribution in [2.24, 2.45) is 0 Å². The molecule has 1 unspecified atom stereocenters. The molecule has 0 fully saturated rings. The van der Waals surface area contributed by atoms with E-state index >= 15 is 0 Å². The third-order valence-corrected chi connectivity index (χ3v) is 3.46. The highest BCUT2D eigenvalue weighted by atomic mass is 16.5. The molecular formula is C18H31NO2. The van der Waals surface area contributed by atoms with Gasteiger partial charge in [-0.05, 0) is 44.9 Å². The lowest BCUT2D eigenvalue weighted by Crippen LogP contribution is -2.20. The van der Waals surface area contributed by atoms with Gasteiger partial charge in [0, 0.05) is 18.2 Å². The molecule has 21 heavy (non-hydrogen) atoms. The van der Waals surface area contributed by atoms with Gasteiger partial charge in [-0.3, -0.25) is 0 Å². The van der Waals surface area contributed by atoms with Gasteiger partial charge in [-0.1, -0.05) is 32.4 Å². The molecule has 0 amide bonds. The highest BCUT2D eigenvalue weighted by Gasteiger charge is 2.11. The van der Waals surface area contributed by atoms with Crippen LogP contribution in [0.5, 0.6) is 5.75 Å². The third-order valence-electron chi connectivity index (χ3n) is 3.46. The topological polar surface area (TPSA) is 30.5 Å². The van der Waals surface area contributed by atoms with E-state index in [9.17, 15) is 0 Å². The number of hydrogen-bond donors (Lipinski definition) is 1. The monoisotopic (exact) mass is 293 g/mol. The van der Waals surface area contributed by atoms with Crippen LogP contribution in [0.3, 0.4) is 0 Å². The molecule has 0 saturated heterocycles. The Bertz CT molecular complexity index is 393. The van der Waals surface area contributed by atoms with Crippen molar-refractivity contribution in [1.29, 1.82) is 0 Å². The minimum atomic E-state index is 0.307. The predicted octanol–water partition coefficient (Wildman–Crippen LogP) is 4.25. The highest BCUT2D eigenvalue weighted by molar-refractivity contribution is 5.39. The van der Waals surface area contributed by atoms with Crippen LogP contribution in [0.4, 0.5) is 0 Å². The lowest BCUT2D eigenvalue weighted by molar-refractivity contribution is 0.0975. The molecule has 0 heterocycles. The van der Waals surface area contributed by atoms with E-state index in [1.165, 1.54) is 17.5 Å². The van der Waals surface area contributed by atoms with Crippen molar-refractivity contribution in [2.75, 3.05) is 26.4 Å². The van der Waals surface area contributed by atoms with Crippen LogP contribution < -0.4 is 10.1 Å². The van der Waals surface area contributed by atoms with E-state index in [1.54, 1.807) is 0 Å². The standard InChI is InChI=1S/C18H31NO2/c1-5-7-11-20-12-13-21-18-14-15(3)8-9-17(18)16(4)19-10-6-2/h8-9,14,16,19H,5-7,10-13H2,1-4H3. The van der Waals surface area contributed by atoms with Crippen LogP contribution in [0, 0.1) is 6.92 Å². The summed E-state index contributed by atoms with van der Waals surface area (Å²) in [5.74, 6) is 0.977. The molecular weight excluding hydrogens is 262 g/mol. The molecule has 0 aliphatic rings. The fourth-order valence-corrected chi connectivity index (χ4v) is 2.15. The summed E-state index contributed by atoms with van der Waals surface area (Å²) in [5, 5.41) is 3.52. The summed E-state index contributed by atoms with van der Waals surface area (Å²) < 4.78 is 11.5. The smallest absolute Gasteiger partial charge is 0.124 e. The normalized spacial score (nSPS) is 12.4. The van der Waals surface area contributed by atoms with Gasteiger partial charge in [0.15, 0.2) is 0 Å². The Morgan fingerprint density at radius 2 is 1.90 bits per heavy atom. The third kappa shape index (κ3) is 6.96. The average molecular weight is 293 g/mol. The van der Waals surface area contributed by atoms with Crippen molar-refractivity contribution >= 4 is 0 Å². The molecule has 0 aliphatic heterocycles. The molecule has 0 saturated carbocycles. The number of aryl methyl sites for hydroxylation is 1. The van der Waals surface area contributed by atoms with Gasteiger partial charge in [-0.15, -0.1) is 0 Å². The predicted molar refractivity (Wildman–Crippen MR) is 89.1 cm³/mol. The van der Waals surface area contributed by atoms with E-state index in [0.29, 0.717) is 19.3 Å². The number of nitrogens with one attached hydrogen (secondary N) is 1. The number of ether oxygens (including phenoxy) is 2. The molecule has 1 rings (SSSR count). The zero-order valence-electron chi connectivity index (χ0n) is 14.1. The van der Waals surface area contributed by atoms with Crippen molar-refractivity contribution in [3.05, 3.63) is 29.3 Å². The van der Waals surface area contributed by atoms with Crippen LogP contribution in [-0.2, 0) is 4.74 Å². The Morgan fingerprint density at radius 1 is 1.10 bits per heavy atom. The van der Waals surface area contributed by atoms with E-state index in [-0.39, 0.29) is 0 Å². The minimum absolute atomic E-state index is 0.307. The van der Waals surface area contributed by atoms with Gasteiger partial charge in [0.25, 0.3) is 0 Å². The van der Waals surface area contributed by atoms with E-state index in [2.05, 4.69) is 51.2 Å². The second-order valence-corrected chi connectivity index (χ2v) is 5.53. The first-order valence-electron chi connectivity index (χ1n) is 8.23. The molecule has 120 valence electrons.